The maximum absolute atomic E-state index is 14.4. The standard InChI is InChI=1S/C41H28N2O2S2/c44-47(45)40-17-9-7-15-37(40)43(33-22-18-30(19-23-33)28-10-2-1-3-11-28)41(47)32-21-25-36-39(27-32)46-38-16-8-6-14-35(38)42(36)34-24-20-29-12-4-5-13-31(29)26-34/h1-27,41H. The van der Waals surface area contributed by atoms with E-state index >= 15 is 0 Å². The van der Waals surface area contributed by atoms with Gasteiger partial charge in [0.2, 0.25) is 9.84 Å². The second-order valence-electron chi connectivity index (χ2n) is 11.8. The van der Waals surface area contributed by atoms with Crippen LogP contribution in [0.1, 0.15) is 10.9 Å². The van der Waals surface area contributed by atoms with Crippen molar-refractivity contribution in [3.63, 3.8) is 0 Å². The van der Waals surface area contributed by atoms with E-state index in [2.05, 4.69) is 108 Å². The Kier molecular flexibility index (Phi) is 6.49. The van der Waals surface area contributed by atoms with Crippen molar-refractivity contribution in [2.24, 2.45) is 0 Å². The van der Waals surface area contributed by atoms with Crippen molar-refractivity contribution in [1.82, 2.24) is 0 Å². The average Bonchev–Trinajstić information content (AvgIpc) is 3.37. The molecule has 1 atom stereocenters. The lowest BCUT2D eigenvalue weighted by Gasteiger charge is -2.34. The van der Waals surface area contributed by atoms with Crippen LogP contribution in [0.15, 0.2) is 178 Å². The highest BCUT2D eigenvalue weighted by atomic mass is 32.2. The first kappa shape index (κ1) is 28.0. The van der Waals surface area contributed by atoms with E-state index in [0.29, 0.717) is 10.6 Å². The van der Waals surface area contributed by atoms with Gasteiger partial charge in [-0.1, -0.05) is 115 Å². The fraction of sp³-hybridized carbons (Fsp3) is 0.0244. The normalized spacial score (nSPS) is 16.0. The number of nitrogens with zero attached hydrogens (tertiary/aromatic N) is 2. The zero-order valence-corrected chi connectivity index (χ0v) is 26.8. The predicted molar refractivity (Wildman–Crippen MR) is 193 cm³/mol. The van der Waals surface area contributed by atoms with E-state index in [0.717, 1.165) is 49.2 Å². The molecule has 2 heterocycles. The van der Waals surface area contributed by atoms with Crippen LogP contribution in [0.25, 0.3) is 21.9 Å². The van der Waals surface area contributed by atoms with Crippen molar-refractivity contribution in [3.8, 4) is 11.1 Å². The summed E-state index contributed by atoms with van der Waals surface area (Å²) < 4.78 is 28.7. The minimum absolute atomic E-state index is 0.352. The summed E-state index contributed by atoms with van der Waals surface area (Å²) in [7, 11) is -3.73. The molecule has 0 saturated heterocycles. The zero-order chi connectivity index (χ0) is 31.5. The van der Waals surface area contributed by atoms with Crippen LogP contribution in [-0.2, 0) is 9.84 Å². The van der Waals surface area contributed by atoms with Crippen LogP contribution >= 0.6 is 11.8 Å². The summed E-state index contributed by atoms with van der Waals surface area (Å²) in [5, 5.41) is 1.46. The van der Waals surface area contributed by atoms with Crippen LogP contribution in [0.2, 0.25) is 0 Å². The van der Waals surface area contributed by atoms with Crippen LogP contribution in [0, 0.1) is 0 Å². The first-order valence-corrected chi connectivity index (χ1v) is 17.9. The summed E-state index contributed by atoms with van der Waals surface area (Å²) in [6.07, 6.45) is 0. The van der Waals surface area contributed by atoms with Crippen molar-refractivity contribution >= 4 is 60.8 Å². The van der Waals surface area contributed by atoms with Crippen molar-refractivity contribution in [3.05, 3.63) is 169 Å². The lowest BCUT2D eigenvalue weighted by molar-refractivity contribution is 0.589. The monoisotopic (exact) mass is 644 g/mol. The van der Waals surface area contributed by atoms with Crippen molar-refractivity contribution in [2.45, 2.75) is 20.1 Å². The van der Waals surface area contributed by atoms with Gasteiger partial charge < -0.3 is 9.80 Å². The number of fused-ring (bicyclic) bond motifs is 4. The van der Waals surface area contributed by atoms with E-state index in [1.165, 1.54) is 10.8 Å². The number of benzene rings is 7. The van der Waals surface area contributed by atoms with E-state index in [-0.39, 0.29) is 0 Å². The van der Waals surface area contributed by atoms with Crippen LogP contribution in [0.5, 0.6) is 0 Å². The molecule has 7 aromatic rings. The molecule has 0 bridgehead atoms. The first-order valence-electron chi connectivity index (χ1n) is 15.5. The number of hydrogen-bond acceptors (Lipinski definition) is 5. The highest BCUT2D eigenvalue weighted by Gasteiger charge is 2.45. The van der Waals surface area contributed by atoms with Gasteiger partial charge in [0, 0.05) is 21.2 Å². The number of sulfone groups is 1. The third-order valence-corrected chi connectivity index (χ3v) is 12.2. The van der Waals surface area contributed by atoms with E-state index in [4.69, 9.17) is 0 Å². The average molecular weight is 645 g/mol. The van der Waals surface area contributed by atoms with Crippen molar-refractivity contribution in [2.75, 3.05) is 9.80 Å². The number of anilines is 5. The minimum atomic E-state index is -3.73. The molecule has 47 heavy (non-hydrogen) atoms. The predicted octanol–water partition coefficient (Wildman–Crippen LogP) is 11.1. The summed E-state index contributed by atoms with van der Waals surface area (Å²) in [4.78, 5) is 6.75. The van der Waals surface area contributed by atoms with Crippen molar-refractivity contribution in [1.29, 1.82) is 0 Å². The van der Waals surface area contributed by atoms with Gasteiger partial charge in [-0.05, 0) is 88.1 Å². The Bertz CT molecular complexity index is 2430. The Labute approximate surface area is 278 Å². The van der Waals surface area contributed by atoms with Crippen LogP contribution in [0.3, 0.4) is 0 Å². The number of hydrogen-bond donors (Lipinski definition) is 0. The molecule has 0 amide bonds. The summed E-state index contributed by atoms with van der Waals surface area (Å²) in [5.74, 6) is 0. The molecule has 0 radical (unpaired) electrons. The summed E-state index contributed by atoms with van der Waals surface area (Å²) >= 11 is 1.68. The SMILES string of the molecule is O=S1(=O)c2ccccc2N(c2ccc(-c3ccccc3)cc2)C1c1ccc2c(c1)Sc1ccccc1N2c1ccc2ccccc2c1. The van der Waals surface area contributed by atoms with Crippen molar-refractivity contribution < 1.29 is 8.42 Å². The molecule has 1 unspecified atom stereocenters. The maximum Gasteiger partial charge on any atom is 0.206 e. The third-order valence-electron chi connectivity index (χ3n) is 9.04. The Morgan fingerprint density at radius 1 is 0.489 bits per heavy atom. The van der Waals surface area contributed by atoms with Crippen LogP contribution < -0.4 is 9.80 Å². The molecule has 0 spiro atoms. The number of rotatable bonds is 4. The van der Waals surface area contributed by atoms with Gasteiger partial charge in [0.05, 0.1) is 22.0 Å². The van der Waals surface area contributed by atoms with Crippen LogP contribution in [-0.4, -0.2) is 8.42 Å². The highest BCUT2D eigenvalue weighted by Crippen LogP contribution is 2.55. The second kappa shape index (κ2) is 10.9. The maximum atomic E-state index is 14.4. The zero-order valence-electron chi connectivity index (χ0n) is 25.2. The molecule has 0 saturated carbocycles. The molecule has 6 heteroatoms. The van der Waals surface area contributed by atoms with E-state index in [1.807, 2.05) is 53.4 Å². The highest BCUT2D eigenvalue weighted by molar-refractivity contribution is 7.99. The largest absolute Gasteiger partial charge is 0.319 e. The van der Waals surface area contributed by atoms with Gasteiger partial charge in [-0.3, -0.25) is 0 Å². The second-order valence-corrected chi connectivity index (χ2v) is 14.9. The Hall–Kier alpha value is -5.30. The Morgan fingerprint density at radius 3 is 1.96 bits per heavy atom. The molecule has 4 nitrogen and oxygen atoms in total. The lowest BCUT2D eigenvalue weighted by Crippen LogP contribution is -2.24. The van der Waals surface area contributed by atoms with Gasteiger partial charge in [-0.2, -0.15) is 0 Å². The molecule has 2 aliphatic rings. The smallest absolute Gasteiger partial charge is 0.206 e. The van der Waals surface area contributed by atoms with Gasteiger partial charge >= 0.3 is 0 Å². The Balaban J connectivity index is 1.18. The van der Waals surface area contributed by atoms with Gasteiger partial charge in [-0.15, -0.1) is 0 Å². The fourth-order valence-electron chi connectivity index (χ4n) is 6.85. The molecule has 2 aliphatic heterocycles. The molecule has 226 valence electrons. The third kappa shape index (κ3) is 4.55. The molecule has 7 aromatic carbocycles. The summed E-state index contributed by atoms with van der Waals surface area (Å²) in [6.45, 7) is 0. The molecule has 9 rings (SSSR count). The van der Waals surface area contributed by atoms with Crippen LogP contribution in [0.4, 0.5) is 28.4 Å². The fourth-order valence-corrected chi connectivity index (χ4v) is 9.94. The summed E-state index contributed by atoms with van der Waals surface area (Å²) in [6, 6.07) is 55.2. The molecule has 0 N–H and O–H groups in total. The molecule has 0 fully saturated rings. The van der Waals surface area contributed by atoms with E-state index in [9.17, 15) is 8.42 Å². The number of para-hydroxylation sites is 2. The van der Waals surface area contributed by atoms with Gasteiger partial charge in [0.15, 0.2) is 5.37 Å². The molecule has 0 aromatic heterocycles. The Morgan fingerprint density at radius 2 is 1.13 bits per heavy atom. The summed E-state index contributed by atoms with van der Waals surface area (Å²) in [5.41, 5.74) is 7.65. The van der Waals surface area contributed by atoms with Gasteiger partial charge in [0.1, 0.15) is 0 Å². The molecule has 0 aliphatic carbocycles. The van der Waals surface area contributed by atoms with Gasteiger partial charge in [0.25, 0.3) is 0 Å². The van der Waals surface area contributed by atoms with E-state index in [1.54, 1.807) is 23.9 Å². The van der Waals surface area contributed by atoms with Gasteiger partial charge in [-0.25, -0.2) is 8.42 Å². The van der Waals surface area contributed by atoms with E-state index < -0.39 is 15.2 Å². The quantitative estimate of drug-likeness (QED) is 0.191. The molecular weight excluding hydrogens is 617 g/mol. The minimum Gasteiger partial charge on any atom is -0.319 e. The first-order chi connectivity index (χ1) is 23.1. The lowest BCUT2D eigenvalue weighted by atomic mass is 10.0. The topological polar surface area (TPSA) is 40.6 Å². The molecular formula is C41H28N2O2S2.